The Morgan fingerprint density at radius 1 is 0.511 bits per heavy atom. The van der Waals surface area contributed by atoms with Gasteiger partial charge < -0.3 is 0 Å². The van der Waals surface area contributed by atoms with Gasteiger partial charge in [-0.2, -0.15) is 20.5 Å². The summed E-state index contributed by atoms with van der Waals surface area (Å²) in [7, 11) is 0. The van der Waals surface area contributed by atoms with E-state index < -0.39 is 35.5 Å². The number of fused-ring (bicyclic) bond motifs is 6. The van der Waals surface area contributed by atoms with Gasteiger partial charge in [0.15, 0.2) is 0 Å². The first-order valence-corrected chi connectivity index (χ1v) is 13.7. The highest BCUT2D eigenvalue weighted by Gasteiger charge is 2.18. The van der Waals surface area contributed by atoms with E-state index in [1.165, 1.54) is 19.1 Å². The average Bonchev–Trinajstić information content (AvgIpc) is 3.49. The van der Waals surface area contributed by atoms with Crippen LogP contribution in [-0.4, -0.2) is 0 Å². The van der Waals surface area contributed by atoms with Crippen LogP contribution in [0.15, 0.2) is 82.8 Å². The minimum absolute atomic E-state index is 0.0789. The first-order valence-electron chi connectivity index (χ1n) is 13.7. The van der Waals surface area contributed by atoms with Crippen molar-refractivity contribution < 1.29 is 22.0 Å². The molecule has 216 valence electrons. The smallest absolute Gasteiger partial charge is 0.206 e. The molecule has 0 aromatic heterocycles. The van der Waals surface area contributed by atoms with Crippen LogP contribution in [0.2, 0.25) is 0 Å². The molecule has 0 unspecified atom stereocenters. The zero-order valence-electron chi connectivity index (χ0n) is 23.3. The van der Waals surface area contributed by atoms with Crippen LogP contribution in [-0.2, 0) is 6.67 Å². The molecule has 0 spiro atoms. The lowest BCUT2D eigenvalue weighted by molar-refractivity contribution is 0.440. The number of nitrogens with zero attached hydrogens (tertiary/aromatic N) is 4. The van der Waals surface area contributed by atoms with E-state index in [0.29, 0.717) is 48.9 Å². The number of nitriles is 2. The van der Waals surface area contributed by atoms with Gasteiger partial charge in [0.1, 0.15) is 29.9 Å². The van der Waals surface area contributed by atoms with Crippen LogP contribution in [0.3, 0.4) is 0 Å². The highest BCUT2D eigenvalue weighted by Crippen LogP contribution is 2.36. The van der Waals surface area contributed by atoms with Crippen molar-refractivity contribution in [1.82, 2.24) is 0 Å². The highest BCUT2D eigenvalue weighted by atomic mass is 19.2. The van der Waals surface area contributed by atoms with Crippen LogP contribution >= 0.6 is 0 Å². The van der Waals surface area contributed by atoms with Gasteiger partial charge in [-0.05, 0) is 99.3 Å². The van der Waals surface area contributed by atoms with E-state index >= 15 is 0 Å². The maximum Gasteiger partial charge on any atom is 0.206 e. The van der Waals surface area contributed by atoms with Crippen molar-refractivity contribution in [2.24, 2.45) is 9.98 Å². The van der Waals surface area contributed by atoms with Gasteiger partial charge in [-0.3, -0.25) is 0 Å². The number of benzene rings is 5. The summed E-state index contributed by atoms with van der Waals surface area (Å²) in [5, 5.41) is 25.1. The molecule has 7 aromatic rings. The molecule has 0 fully saturated rings. The predicted molar refractivity (Wildman–Crippen MR) is 161 cm³/mol. The zero-order chi connectivity index (χ0) is 31.6. The zero-order valence-corrected chi connectivity index (χ0v) is 23.3. The normalized spacial score (nSPS) is 12.5. The third-order valence-corrected chi connectivity index (χ3v) is 8.34. The number of hydrogen-bond acceptors (Lipinski definition) is 4. The molecule has 0 aliphatic rings. The van der Waals surface area contributed by atoms with Crippen molar-refractivity contribution >= 4 is 43.1 Å². The van der Waals surface area contributed by atoms with Crippen molar-refractivity contribution in [1.29, 1.82) is 10.5 Å². The number of hydrogen-bond donors (Lipinski definition) is 0. The lowest BCUT2D eigenvalue weighted by atomic mass is 10.00. The largest absolute Gasteiger partial charge is 0.246 e. The van der Waals surface area contributed by atoms with Crippen LogP contribution in [0.4, 0.5) is 22.0 Å². The molecule has 0 aliphatic heterocycles. The first-order chi connectivity index (χ1) is 21.7. The lowest BCUT2D eigenvalue weighted by Gasteiger charge is -2.06. The van der Waals surface area contributed by atoms with Gasteiger partial charge in [-0.1, -0.05) is 24.3 Å². The number of halogens is 5. The second-order valence-electron chi connectivity index (χ2n) is 10.7. The van der Waals surface area contributed by atoms with E-state index in [4.69, 9.17) is 0 Å². The summed E-state index contributed by atoms with van der Waals surface area (Å²) in [6.07, 6.45) is 3.67. The number of alkyl halides is 1. The minimum Gasteiger partial charge on any atom is -0.246 e. The molecule has 0 N–H and O–H groups in total. The third-order valence-electron chi connectivity index (χ3n) is 8.34. The van der Waals surface area contributed by atoms with Gasteiger partial charge in [0.2, 0.25) is 12.4 Å². The van der Waals surface area contributed by atoms with E-state index in [9.17, 15) is 32.5 Å². The summed E-state index contributed by atoms with van der Waals surface area (Å²) in [6, 6.07) is 18.7. The van der Waals surface area contributed by atoms with E-state index in [2.05, 4.69) is 9.98 Å². The van der Waals surface area contributed by atoms with E-state index in [0.717, 1.165) is 33.7 Å². The molecule has 7 aromatic carbocycles. The van der Waals surface area contributed by atoms with E-state index in [1.54, 1.807) is 42.5 Å². The minimum atomic E-state index is -1.27. The number of rotatable bonds is 3. The summed E-state index contributed by atoms with van der Waals surface area (Å²) >= 11 is 0. The van der Waals surface area contributed by atoms with Gasteiger partial charge in [0, 0.05) is 27.1 Å². The average molecular weight is 601 g/mol. The Morgan fingerprint density at radius 3 is 1.33 bits per heavy atom. The van der Waals surface area contributed by atoms with Crippen LogP contribution in [0.1, 0.15) is 11.1 Å². The lowest BCUT2D eigenvalue weighted by Crippen LogP contribution is -2.01. The van der Waals surface area contributed by atoms with Crippen molar-refractivity contribution in [3.63, 3.8) is 0 Å². The topological polar surface area (TPSA) is 72.3 Å². The first kappa shape index (κ1) is 27.9. The fourth-order valence-corrected chi connectivity index (χ4v) is 6.09. The fourth-order valence-electron chi connectivity index (χ4n) is 6.09. The van der Waals surface area contributed by atoms with Gasteiger partial charge in [-0.25, -0.2) is 22.0 Å². The molecule has 0 atom stereocenters. The molecule has 9 heteroatoms. The van der Waals surface area contributed by atoms with Crippen LogP contribution in [0.5, 0.6) is 0 Å². The Kier molecular flexibility index (Phi) is 6.42. The standard InChI is InChI=1S/C36H17F5N4/c1-17-31(38)8-20(9-32(17)39)18-2-4-22-24-12-25-23-5-3-19(21-10-33(40)30(14-37)34(41)11-21)7-27(23)36(45-16-43)29(25)13-28(24)35(44-15-42)26(22)6-18/h2-13H,14H2,1H3. The molecular weight excluding hydrogens is 583 g/mol. The molecule has 4 nitrogen and oxygen atoms in total. The molecular formula is C36H17F5N4. The summed E-state index contributed by atoms with van der Waals surface area (Å²) < 4.78 is 70.6. The van der Waals surface area contributed by atoms with Gasteiger partial charge in [0.25, 0.3) is 0 Å². The summed E-state index contributed by atoms with van der Waals surface area (Å²) in [6.45, 7) is 0.0872. The molecule has 0 saturated carbocycles. The van der Waals surface area contributed by atoms with Gasteiger partial charge in [-0.15, -0.1) is 0 Å². The van der Waals surface area contributed by atoms with Crippen LogP contribution in [0.25, 0.3) is 65.3 Å². The maximum atomic E-state index is 14.4. The quantitative estimate of drug-likeness (QED) is 0.151. The van der Waals surface area contributed by atoms with Crippen molar-refractivity contribution in [3.05, 3.63) is 118 Å². The van der Waals surface area contributed by atoms with Crippen molar-refractivity contribution in [2.75, 3.05) is 0 Å². The Morgan fingerprint density at radius 2 is 0.911 bits per heavy atom. The fraction of sp³-hybridized carbons (Fsp3) is 0.0556. The summed E-state index contributed by atoms with van der Waals surface area (Å²) in [4.78, 5) is 8.17. The van der Waals surface area contributed by atoms with E-state index in [-0.39, 0.29) is 11.1 Å². The van der Waals surface area contributed by atoms with E-state index in [1.807, 2.05) is 18.5 Å². The monoisotopic (exact) mass is 600 g/mol. The Bertz CT molecular complexity index is 2570. The summed E-state index contributed by atoms with van der Waals surface area (Å²) in [5.74, 6) is -3.34. The molecule has 0 bridgehead atoms. The third kappa shape index (κ3) is 4.24. The molecule has 0 aliphatic carbocycles. The second-order valence-corrected chi connectivity index (χ2v) is 10.7. The Labute approximate surface area is 251 Å². The second kappa shape index (κ2) is 10.4. The van der Waals surface area contributed by atoms with Crippen molar-refractivity contribution in [3.8, 4) is 34.6 Å². The van der Waals surface area contributed by atoms with Crippen molar-refractivity contribution in [2.45, 2.75) is 13.6 Å². The van der Waals surface area contributed by atoms with Gasteiger partial charge >= 0.3 is 0 Å². The summed E-state index contributed by atoms with van der Waals surface area (Å²) in [5.41, 5.74) is 0.784. The Hall–Kier alpha value is -5.93. The van der Waals surface area contributed by atoms with Crippen LogP contribution in [0, 0.1) is 53.1 Å². The maximum absolute atomic E-state index is 14.4. The molecule has 0 heterocycles. The molecule has 0 saturated heterocycles. The molecule has 7 rings (SSSR count). The molecule has 0 radical (unpaired) electrons. The predicted octanol–water partition coefficient (Wildman–Crippen LogP) is 8.61. The van der Waals surface area contributed by atoms with Crippen LogP contribution < -0.4 is 10.7 Å². The Balaban J connectivity index is 1.51. The molecule has 45 heavy (non-hydrogen) atoms. The highest BCUT2D eigenvalue weighted by molar-refractivity contribution is 6.21. The molecule has 0 amide bonds. The van der Waals surface area contributed by atoms with Gasteiger partial charge in [0.05, 0.1) is 16.3 Å². The SMILES string of the molecule is Cc1c(F)cc(-c2ccc3c(c2)c(=NC#N)c2cc4c(=NC#N)c5cc(-c6cc(F)c(CF)c(F)c6)ccc5c4cc23)cc1F.